The Morgan fingerprint density at radius 2 is 1.91 bits per heavy atom. The Kier molecular flexibility index (Phi) is 5.93. The molecule has 0 spiro atoms. The van der Waals surface area contributed by atoms with Crippen LogP contribution in [0.4, 0.5) is 11.5 Å². The lowest BCUT2D eigenvalue weighted by molar-refractivity contribution is -0.117. The molecule has 0 radical (unpaired) electrons. The maximum absolute atomic E-state index is 12.9. The Hall–Kier alpha value is -3.69. The molecule has 1 aliphatic rings. The number of piperidine rings is 1. The van der Waals surface area contributed by atoms with Gasteiger partial charge in [-0.05, 0) is 30.4 Å². The number of rotatable bonds is 5. The summed E-state index contributed by atoms with van der Waals surface area (Å²) in [6.07, 6.45) is 4.27. The number of anilines is 2. The molecular formula is C22H26N6O4. The van der Waals surface area contributed by atoms with E-state index in [1.165, 1.54) is 11.5 Å². The van der Waals surface area contributed by atoms with Gasteiger partial charge in [0, 0.05) is 25.5 Å². The van der Waals surface area contributed by atoms with Gasteiger partial charge in [-0.15, -0.1) is 5.10 Å². The number of carbonyl (C=O) groups excluding carboxylic acids is 2. The summed E-state index contributed by atoms with van der Waals surface area (Å²) < 4.78 is 7.26. The smallest absolute Gasteiger partial charge is 0.350 e. The first-order valence-electron chi connectivity index (χ1n) is 10.5. The van der Waals surface area contributed by atoms with Crippen molar-refractivity contribution in [2.45, 2.75) is 26.8 Å². The second-order valence-corrected chi connectivity index (χ2v) is 8.32. The van der Waals surface area contributed by atoms with Crippen LogP contribution in [0.1, 0.15) is 30.6 Å². The van der Waals surface area contributed by atoms with E-state index in [0.29, 0.717) is 29.0 Å². The van der Waals surface area contributed by atoms with E-state index in [9.17, 15) is 14.4 Å². The number of fused-ring (bicyclic) bond motifs is 1. The van der Waals surface area contributed by atoms with Crippen molar-refractivity contribution in [3.05, 3.63) is 52.7 Å². The number of aromatic nitrogens is 4. The standard InChI is InChI=1S/C22H26N6O4/c1-14-10-15(2)12-26(11-14)19-20-25-28(22(31)27(20)9-8-23-19)13-18(29)24-17-7-5-4-6-16(17)21(30)32-3/h4-9,14-15H,10-13H2,1-3H3,(H,24,29)/t14-,15-/m0/s1. The first kappa shape index (κ1) is 21.5. The molecule has 2 aromatic heterocycles. The molecule has 3 aromatic rings. The molecule has 1 N–H and O–H groups in total. The van der Waals surface area contributed by atoms with Crippen LogP contribution in [0.2, 0.25) is 0 Å². The summed E-state index contributed by atoms with van der Waals surface area (Å²) in [7, 11) is 1.27. The summed E-state index contributed by atoms with van der Waals surface area (Å²) in [6, 6.07) is 6.51. The third-order valence-electron chi connectivity index (χ3n) is 5.55. The molecule has 10 nitrogen and oxygen atoms in total. The van der Waals surface area contributed by atoms with E-state index in [0.717, 1.165) is 24.2 Å². The summed E-state index contributed by atoms with van der Waals surface area (Å²) in [5.74, 6) is 0.608. The highest BCUT2D eigenvalue weighted by Crippen LogP contribution is 2.26. The van der Waals surface area contributed by atoms with Crippen molar-refractivity contribution in [1.29, 1.82) is 0 Å². The van der Waals surface area contributed by atoms with Crippen LogP contribution in [0.3, 0.4) is 0 Å². The number of nitrogens with one attached hydrogen (secondary N) is 1. The van der Waals surface area contributed by atoms with Crippen molar-refractivity contribution in [3.63, 3.8) is 0 Å². The minimum Gasteiger partial charge on any atom is -0.465 e. The first-order chi connectivity index (χ1) is 15.4. The first-order valence-corrected chi connectivity index (χ1v) is 10.5. The van der Waals surface area contributed by atoms with Crippen LogP contribution in [-0.2, 0) is 16.1 Å². The quantitative estimate of drug-likeness (QED) is 0.605. The van der Waals surface area contributed by atoms with Crippen LogP contribution in [-0.4, -0.2) is 51.2 Å². The van der Waals surface area contributed by atoms with E-state index in [-0.39, 0.29) is 12.1 Å². The van der Waals surface area contributed by atoms with Crippen LogP contribution >= 0.6 is 0 Å². The molecule has 3 heterocycles. The number of amides is 1. The Morgan fingerprint density at radius 1 is 1.19 bits per heavy atom. The Morgan fingerprint density at radius 3 is 2.62 bits per heavy atom. The number of benzene rings is 1. The topological polar surface area (TPSA) is 111 Å². The summed E-state index contributed by atoms with van der Waals surface area (Å²) in [4.78, 5) is 44.1. The van der Waals surface area contributed by atoms with Crippen molar-refractivity contribution in [2.75, 3.05) is 30.4 Å². The molecular weight excluding hydrogens is 412 g/mol. The molecule has 1 amide bonds. The molecule has 1 aliphatic heterocycles. The van der Waals surface area contributed by atoms with E-state index in [4.69, 9.17) is 4.74 Å². The van der Waals surface area contributed by atoms with Crippen molar-refractivity contribution < 1.29 is 14.3 Å². The molecule has 1 saturated heterocycles. The second kappa shape index (κ2) is 8.81. The van der Waals surface area contributed by atoms with E-state index >= 15 is 0 Å². The zero-order valence-corrected chi connectivity index (χ0v) is 18.3. The number of nitrogens with zero attached hydrogens (tertiary/aromatic N) is 5. The van der Waals surface area contributed by atoms with Gasteiger partial charge < -0.3 is 15.0 Å². The van der Waals surface area contributed by atoms with E-state index in [1.807, 2.05) is 0 Å². The van der Waals surface area contributed by atoms with Gasteiger partial charge in [0.1, 0.15) is 6.54 Å². The summed E-state index contributed by atoms with van der Waals surface area (Å²) in [5, 5.41) is 7.06. The SMILES string of the molecule is COC(=O)c1ccccc1NC(=O)Cn1nc2c(N3C[C@@H](C)C[C@H](C)C3)nccn2c1=O. The molecule has 32 heavy (non-hydrogen) atoms. The fourth-order valence-corrected chi connectivity index (χ4v) is 4.30. The summed E-state index contributed by atoms with van der Waals surface area (Å²) >= 11 is 0. The number of para-hydroxylation sites is 1. The maximum atomic E-state index is 12.9. The molecule has 1 aromatic carbocycles. The lowest BCUT2D eigenvalue weighted by Crippen LogP contribution is -2.39. The zero-order chi connectivity index (χ0) is 22.8. The van der Waals surface area contributed by atoms with Crippen molar-refractivity contribution >= 4 is 29.0 Å². The largest absolute Gasteiger partial charge is 0.465 e. The highest BCUT2D eigenvalue weighted by Gasteiger charge is 2.26. The van der Waals surface area contributed by atoms with Crippen LogP contribution in [0.15, 0.2) is 41.5 Å². The van der Waals surface area contributed by atoms with Gasteiger partial charge in [0.2, 0.25) is 11.6 Å². The third kappa shape index (κ3) is 4.20. The normalized spacial score (nSPS) is 18.5. The lowest BCUT2D eigenvalue weighted by Gasteiger charge is -2.35. The summed E-state index contributed by atoms with van der Waals surface area (Å²) in [6.45, 7) is 5.77. The monoisotopic (exact) mass is 438 g/mol. The van der Waals surface area contributed by atoms with Gasteiger partial charge in [0.15, 0.2) is 5.82 Å². The van der Waals surface area contributed by atoms with Gasteiger partial charge in [-0.2, -0.15) is 0 Å². The van der Waals surface area contributed by atoms with Crippen LogP contribution in [0, 0.1) is 11.8 Å². The molecule has 0 aliphatic carbocycles. The van der Waals surface area contributed by atoms with E-state index in [2.05, 4.69) is 34.1 Å². The van der Waals surface area contributed by atoms with E-state index < -0.39 is 17.6 Å². The van der Waals surface area contributed by atoms with Crippen molar-refractivity contribution in [1.82, 2.24) is 19.2 Å². The van der Waals surface area contributed by atoms with Gasteiger partial charge in [-0.3, -0.25) is 4.79 Å². The molecule has 168 valence electrons. The van der Waals surface area contributed by atoms with Crippen LogP contribution < -0.4 is 15.9 Å². The van der Waals surface area contributed by atoms with Crippen LogP contribution in [0.5, 0.6) is 0 Å². The molecule has 4 rings (SSSR count). The zero-order valence-electron chi connectivity index (χ0n) is 18.3. The number of esters is 1. The number of ether oxygens (including phenoxy) is 1. The third-order valence-corrected chi connectivity index (χ3v) is 5.55. The average Bonchev–Trinajstić information content (AvgIpc) is 3.08. The van der Waals surface area contributed by atoms with Crippen LogP contribution in [0.25, 0.3) is 5.65 Å². The predicted molar refractivity (Wildman–Crippen MR) is 119 cm³/mol. The molecule has 0 unspecified atom stereocenters. The minimum absolute atomic E-state index is 0.227. The average molecular weight is 438 g/mol. The second-order valence-electron chi connectivity index (χ2n) is 8.32. The van der Waals surface area contributed by atoms with Crippen molar-refractivity contribution in [3.8, 4) is 0 Å². The highest BCUT2D eigenvalue weighted by atomic mass is 16.5. The van der Waals surface area contributed by atoms with Gasteiger partial charge in [-0.25, -0.2) is 23.7 Å². The Labute approximate surface area is 184 Å². The highest BCUT2D eigenvalue weighted by molar-refractivity contribution is 6.01. The summed E-state index contributed by atoms with van der Waals surface area (Å²) in [5.41, 5.74) is 0.519. The van der Waals surface area contributed by atoms with Crippen molar-refractivity contribution in [2.24, 2.45) is 11.8 Å². The number of carbonyl (C=O) groups is 2. The molecule has 1 fully saturated rings. The van der Waals surface area contributed by atoms with Gasteiger partial charge in [0.05, 0.1) is 18.4 Å². The Balaban J connectivity index is 1.60. The molecule has 10 heteroatoms. The fourth-order valence-electron chi connectivity index (χ4n) is 4.30. The molecule has 2 atom stereocenters. The maximum Gasteiger partial charge on any atom is 0.350 e. The van der Waals surface area contributed by atoms with Gasteiger partial charge in [-0.1, -0.05) is 26.0 Å². The fraction of sp³-hybridized carbons (Fsp3) is 0.409. The number of hydrogen-bond donors (Lipinski definition) is 1. The van der Waals surface area contributed by atoms with Gasteiger partial charge in [0.25, 0.3) is 0 Å². The number of hydrogen-bond acceptors (Lipinski definition) is 7. The Bertz CT molecular complexity index is 1210. The van der Waals surface area contributed by atoms with Gasteiger partial charge >= 0.3 is 11.7 Å². The lowest BCUT2D eigenvalue weighted by atomic mass is 9.92. The number of methoxy groups -OCH3 is 1. The molecule has 0 saturated carbocycles. The predicted octanol–water partition coefficient (Wildman–Crippen LogP) is 1.80. The molecule has 0 bridgehead atoms. The van der Waals surface area contributed by atoms with E-state index in [1.54, 1.807) is 36.7 Å². The minimum atomic E-state index is -0.563.